The molecule has 20 heavy (non-hydrogen) atoms. The van der Waals surface area contributed by atoms with Gasteiger partial charge in [-0.2, -0.15) is 0 Å². The van der Waals surface area contributed by atoms with E-state index in [1.807, 2.05) is 17.5 Å². The highest BCUT2D eigenvalue weighted by Gasteiger charge is 2.13. The molecule has 0 saturated heterocycles. The number of nitrogens with two attached hydrogens (primary N) is 1. The van der Waals surface area contributed by atoms with Crippen LogP contribution < -0.4 is 10.5 Å². The van der Waals surface area contributed by atoms with E-state index in [2.05, 4.69) is 16.6 Å². The number of nitrogens with one attached hydrogen (secondary N) is 1. The van der Waals surface area contributed by atoms with Gasteiger partial charge in [-0.15, -0.1) is 11.3 Å². The second-order valence-corrected chi connectivity index (χ2v) is 6.73. The highest BCUT2D eigenvalue weighted by Crippen LogP contribution is 2.13. The number of benzene rings is 1. The maximum Gasteiger partial charge on any atom is 0.240 e. The van der Waals surface area contributed by atoms with Gasteiger partial charge in [0.05, 0.1) is 11.4 Å². The van der Waals surface area contributed by atoms with E-state index in [1.54, 1.807) is 12.1 Å². The summed E-state index contributed by atoms with van der Waals surface area (Å²) in [5, 5.41) is 1.91. The number of rotatable bonds is 4. The Morgan fingerprint density at radius 3 is 2.55 bits per heavy atom. The first-order valence-electron chi connectivity index (χ1n) is 5.93. The Morgan fingerprint density at radius 2 is 1.95 bits per heavy atom. The van der Waals surface area contributed by atoms with Gasteiger partial charge in [0, 0.05) is 17.0 Å². The number of sulfonamides is 1. The van der Waals surface area contributed by atoms with Crippen LogP contribution in [-0.2, 0) is 16.6 Å². The molecule has 0 bridgehead atoms. The Hall–Kier alpha value is -1.65. The van der Waals surface area contributed by atoms with Gasteiger partial charge >= 0.3 is 0 Å². The summed E-state index contributed by atoms with van der Waals surface area (Å²) in [5.41, 5.74) is 6.03. The summed E-state index contributed by atoms with van der Waals surface area (Å²) in [6.45, 7) is 0.581. The van der Waals surface area contributed by atoms with Crippen LogP contribution in [0.2, 0.25) is 0 Å². The van der Waals surface area contributed by atoms with Gasteiger partial charge < -0.3 is 5.73 Å². The first kappa shape index (κ1) is 14.8. The third-order valence-corrected chi connectivity index (χ3v) is 4.81. The van der Waals surface area contributed by atoms with E-state index in [4.69, 9.17) is 5.73 Å². The first-order chi connectivity index (χ1) is 9.62. The van der Waals surface area contributed by atoms with Crippen molar-refractivity contribution in [2.75, 3.05) is 6.54 Å². The summed E-state index contributed by atoms with van der Waals surface area (Å²) in [6.07, 6.45) is 0. The third kappa shape index (κ3) is 3.92. The molecule has 6 heteroatoms. The standard InChI is InChI=1S/C14H14N2O2S2/c15-9-1-3-12-5-7-14(8-6-12)20(17,18)16-11-13-4-2-10-19-13/h2,4-8,10,16H,9,11,15H2. The fourth-order valence-corrected chi connectivity index (χ4v) is 3.28. The molecule has 1 heterocycles. The minimum Gasteiger partial charge on any atom is -0.320 e. The molecule has 0 unspecified atom stereocenters. The number of hydrogen-bond acceptors (Lipinski definition) is 4. The average Bonchev–Trinajstić information content (AvgIpc) is 2.97. The molecule has 3 N–H and O–H groups in total. The van der Waals surface area contributed by atoms with Gasteiger partial charge in [0.1, 0.15) is 0 Å². The van der Waals surface area contributed by atoms with Crippen molar-refractivity contribution in [1.82, 2.24) is 4.72 Å². The Labute approximate surface area is 122 Å². The normalized spacial score (nSPS) is 10.8. The SMILES string of the molecule is NCC#Cc1ccc(S(=O)(=O)NCc2cccs2)cc1. The van der Waals surface area contributed by atoms with Crippen LogP contribution in [-0.4, -0.2) is 15.0 Å². The van der Waals surface area contributed by atoms with Gasteiger partial charge in [-0.3, -0.25) is 0 Å². The van der Waals surface area contributed by atoms with E-state index in [1.165, 1.54) is 23.5 Å². The molecule has 2 aromatic rings. The van der Waals surface area contributed by atoms with Gasteiger partial charge in [0.25, 0.3) is 0 Å². The summed E-state index contributed by atoms with van der Waals surface area (Å²) in [5.74, 6) is 5.57. The van der Waals surface area contributed by atoms with Crippen LogP contribution in [0.5, 0.6) is 0 Å². The molecular formula is C14H14N2O2S2. The van der Waals surface area contributed by atoms with Crippen LogP contribution in [0.15, 0.2) is 46.7 Å². The molecule has 0 atom stereocenters. The van der Waals surface area contributed by atoms with Crippen molar-refractivity contribution in [2.45, 2.75) is 11.4 Å². The monoisotopic (exact) mass is 306 g/mol. The minimum absolute atomic E-state index is 0.229. The van der Waals surface area contributed by atoms with Gasteiger partial charge in [-0.05, 0) is 35.7 Å². The molecule has 0 fully saturated rings. The van der Waals surface area contributed by atoms with Crippen LogP contribution in [0, 0.1) is 11.8 Å². The maximum absolute atomic E-state index is 12.1. The van der Waals surface area contributed by atoms with Crippen molar-refractivity contribution < 1.29 is 8.42 Å². The summed E-state index contributed by atoms with van der Waals surface area (Å²) in [6, 6.07) is 10.2. The van der Waals surface area contributed by atoms with E-state index >= 15 is 0 Å². The molecule has 4 nitrogen and oxygen atoms in total. The Bertz CT molecular complexity index is 709. The zero-order valence-corrected chi connectivity index (χ0v) is 12.3. The van der Waals surface area contributed by atoms with E-state index in [-0.39, 0.29) is 11.4 Å². The van der Waals surface area contributed by atoms with Crippen molar-refractivity contribution in [2.24, 2.45) is 5.73 Å². The second-order valence-electron chi connectivity index (χ2n) is 3.93. The lowest BCUT2D eigenvalue weighted by Crippen LogP contribution is -2.22. The van der Waals surface area contributed by atoms with Crippen LogP contribution in [0.25, 0.3) is 0 Å². The fraction of sp³-hybridized carbons (Fsp3) is 0.143. The van der Waals surface area contributed by atoms with E-state index in [9.17, 15) is 8.42 Å². The van der Waals surface area contributed by atoms with Crippen LogP contribution >= 0.6 is 11.3 Å². The Kier molecular flexibility index (Phi) is 4.93. The Morgan fingerprint density at radius 1 is 1.20 bits per heavy atom. The second kappa shape index (κ2) is 6.68. The summed E-state index contributed by atoms with van der Waals surface area (Å²) in [7, 11) is -3.49. The van der Waals surface area contributed by atoms with Gasteiger partial charge in [0.15, 0.2) is 0 Å². The zero-order chi connectivity index (χ0) is 14.4. The van der Waals surface area contributed by atoms with Crippen LogP contribution in [0.1, 0.15) is 10.4 Å². The molecule has 104 valence electrons. The minimum atomic E-state index is -3.49. The highest BCUT2D eigenvalue weighted by molar-refractivity contribution is 7.89. The van der Waals surface area contributed by atoms with Crippen molar-refractivity contribution in [3.8, 4) is 11.8 Å². The molecule has 0 spiro atoms. The zero-order valence-electron chi connectivity index (χ0n) is 10.7. The maximum atomic E-state index is 12.1. The van der Waals surface area contributed by atoms with E-state index in [0.29, 0.717) is 6.54 Å². The summed E-state index contributed by atoms with van der Waals surface area (Å²) in [4.78, 5) is 1.20. The Balaban J connectivity index is 2.09. The fourth-order valence-electron chi connectivity index (χ4n) is 1.53. The first-order valence-corrected chi connectivity index (χ1v) is 8.29. The van der Waals surface area contributed by atoms with Crippen molar-refractivity contribution >= 4 is 21.4 Å². The van der Waals surface area contributed by atoms with Gasteiger partial charge in [0.2, 0.25) is 10.0 Å². The molecule has 0 saturated carbocycles. The van der Waals surface area contributed by atoms with Gasteiger partial charge in [-0.25, -0.2) is 13.1 Å². The number of hydrogen-bond donors (Lipinski definition) is 2. The average molecular weight is 306 g/mol. The molecule has 0 radical (unpaired) electrons. The lowest BCUT2D eigenvalue weighted by Gasteiger charge is -2.05. The van der Waals surface area contributed by atoms with E-state index < -0.39 is 10.0 Å². The molecule has 0 aliphatic carbocycles. The summed E-state index contributed by atoms with van der Waals surface area (Å²) < 4.78 is 26.7. The van der Waals surface area contributed by atoms with Crippen molar-refractivity contribution in [1.29, 1.82) is 0 Å². The van der Waals surface area contributed by atoms with Crippen LogP contribution in [0.3, 0.4) is 0 Å². The van der Waals surface area contributed by atoms with Gasteiger partial charge in [-0.1, -0.05) is 17.9 Å². The highest BCUT2D eigenvalue weighted by atomic mass is 32.2. The number of thiophene rings is 1. The third-order valence-electron chi connectivity index (χ3n) is 2.52. The molecule has 0 aliphatic heterocycles. The molecule has 2 rings (SSSR count). The quantitative estimate of drug-likeness (QED) is 0.842. The lowest BCUT2D eigenvalue weighted by molar-refractivity contribution is 0.582. The predicted octanol–water partition coefficient (Wildman–Crippen LogP) is 1.54. The smallest absolute Gasteiger partial charge is 0.240 e. The van der Waals surface area contributed by atoms with Crippen molar-refractivity contribution in [3.05, 3.63) is 52.2 Å². The van der Waals surface area contributed by atoms with Crippen molar-refractivity contribution in [3.63, 3.8) is 0 Å². The lowest BCUT2D eigenvalue weighted by atomic mass is 10.2. The molecule has 1 aromatic carbocycles. The predicted molar refractivity (Wildman–Crippen MR) is 80.7 cm³/mol. The molecule has 0 aliphatic rings. The molecular weight excluding hydrogens is 292 g/mol. The molecule has 1 aromatic heterocycles. The topological polar surface area (TPSA) is 72.2 Å². The molecule has 0 amide bonds. The van der Waals surface area contributed by atoms with E-state index in [0.717, 1.165) is 10.4 Å². The summed E-state index contributed by atoms with van der Waals surface area (Å²) >= 11 is 1.51. The van der Waals surface area contributed by atoms with Crippen LogP contribution in [0.4, 0.5) is 0 Å². The largest absolute Gasteiger partial charge is 0.320 e.